The third-order valence-electron chi connectivity index (χ3n) is 5.00. The zero-order valence-corrected chi connectivity index (χ0v) is 18.2. The summed E-state index contributed by atoms with van der Waals surface area (Å²) in [7, 11) is 0. The molecule has 1 amide bonds. The van der Waals surface area contributed by atoms with E-state index in [0.29, 0.717) is 28.1 Å². The molecule has 1 N–H and O–H groups in total. The number of aryl methyl sites for hydroxylation is 1. The number of carbonyl (C=O) groups excluding carboxylic acids is 2. The Labute approximate surface area is 185 Å². The van der Waals surface area contributed by atoms with Crippen LogP contribution in [0.15, 0.2) is 59.3 Å². The molecule has 4 aromatic rings. The second-order valence-corrected chi connectivity index (χ2v) is 7.77. The number of furan rings is 1. The van der Waals surface area contributed by atoms with Crippen molar-refractivity contribution in [2.45, 2.75) is 33.4 Å². The third kappa shape index (κ3) is 4.54. The number of ether oxygens (including phenoxy) is 1. The maximum atomic E-state index is 12.9. The van der Waals surface area contributed by atoms with Gasteiger partial charge < -0.3 is 14.5 Å². The topological polar surface area (TPSA) is 99.3 Å². The number of aromatic nitrogens is 3. The van der Waals surface area contributed by atoms with Crippen LogP contribution in [0.4, 0.5) is 0 Å². The SMILES string of the molecule is Cc1ccc(-c2cc(C(=O)OCC(=O)NCc3ccco3)c3cnn(C(C)C)c3n2)cc1. The van der Waals surface area contributed by atoms with E-state index in [1.165, 1.54) is 6.26 Å². The largest absolute Gasteiger partial charge is 0.467 e. The molecule has 0 spiro atoms. The van der Waals surface area contributed by atoms with Gasteiger partial charge in [-0.2, -0.15) is 5.10 Å². The molecule has 0 saturated heterocycles. The van der Waals surface area contributed by atoms with Gasteiger partial charge in [0, 0.05) is 11.6 Å². The normalized spacial score (nSPS) is 11.1. The lowest BCUT2D eigenvalue weighted by Crippen LogP contribution is -2.28. The molecule has 0 aliphatic carbocycles. The Morgan fingerprint density at radius 3 is 2.66 bits per heavy atom. The monoisotopic (exact) mass is 432 g/mol. The number of esters is 1. The molecule has 8 nitrogen and oxygen atoms in total. The molecule has 4 rings (SSSR count). The maximum Gasteiger partial charge on any atom is 0.339 e. The van der Waals surface area contributed by atoms with E-state index in [1.54, 1.807) is 29.1 Å². The van der Waals surface area contributed by atoms with Gasteiger partial charge in [0.05, 0.1) is 35.6 Å². The average molecular weight is 432 g/mol. The Balaban J connectivity index is 1.59. The van der Waals surface area contributed by atoms with Gasteiger partial charge in [-0.05, 0) is 39.0 Å². The Morgan fingerprint density at radius 2 is 1.97 bits per heavy atom. The fourth-order valence-corrected chi connectivity index (χ4v) is 3.30. The van der Waals surface area contributed by atoms with Gasteiger partial charge in [0.2, 0.25) is 0 Å². The van der Waals surface area contributed by atoms with Crippen LogP contribution < -0.4 is 5.32 Å². The zero-order chi connectivity index (χ0) is 22.7. The lowest BCUT2D eigenvalue weighted by Gasteiger charge is -2.11. The quantitative estimate of drug-likeness (QED) is 0.442. The fraction of sp³-hybridized carbons (Fsp3) is 0.250. The van der Waals surface area contributed by atoms with Crippen molar-refractivity contribution in [3.63, 3.8) is 0 Å². The first-order chi connectivity index (χ1) is 15.4. The van der Waals surface area contributed by atoms with Crippen molar-refractivity contribution in [1.82, 2.24) is 20.1 Å². The van der Waals surface area contributed by atoms with Crippen LogP contribution in [0.25, 0.3) is 22.3 Å². The van der Waals surface area contributed by atoms with Crippen LogP contribution in [0, 0.1) is 6.92 Å². The van der Waals surface area contributed by atoms with Gasteiger partial charge in [-0.15, -0.1) is 0 Å². The first-order valence-electron chi connectivity index (χ1n) is 10.3. The Kier molecular flexibility index (Phi) is 6.02. The summed E-state index contributed by atoms with van der Waals surface area (Å²) in [4.78, 5) is 29.8. The molecule has 0 fully saturated rings. The highest BCUT2D eigenvalue weighted by atomic mass is 16.5. The van der Waals surface area contributed by atoms with Crippen LogP contribution in [0.5, 0.6) is 0 Å². The van der Waals surface area contributed by atoms with Gasteiger partial charge in [-0.3, -0.25) is 4.79 Å². The van der Waals surface area contributed by atoms with E-state index in [4.69, 9.17) is 14.1 Å². The summed E-state index contributed by atoms with van der Waals surface area (Å²) in [6.45, 7) is 5.82. The summed E-state index contributed by atoms with van der Waals surface area (Å²) in [6.07, 6.45) is 3.13. The number of nitrogens with one attached hydrogen (secondary N) is 1. The van der Waals surface area contributed by atoms with E-state index in [2.05, 4.69) is 10.4 Å². The van der Waals surface area contributed by atoms with E-state index in [0.717, 1.165) is 11.1 Å². The van der Waals surface area contributed by atoms with Crippen LogP contribution >= 0.6 is 0 Å². The van der Waals surface area contributed by atoms with Crippen molar-refractivity contribution < 1.29 is 18.7 Å². The van der Waals surface area contributed by atoms with Crippen LogP contribution in [-0.4, -0.2) is 33.2 Å². The predicted molar refractivity (Wildman–Crippen MR) is 119 cm³/mol. The van der Waals surface area contributed by atoms with Gasteiger partial charge in [0.15, 0.2) is 12.3 Å². The van der Waals surface area contributed by atoms with Gasteiger partial charge >= 0.3 is 5.97 Å². The molecule has 0 unspecified atom stereocenters. The van der Waals surface area contributed by atoms with Crippen LogP contribution in [-0.2, 0) is 16.1 Å². The molecule has 3 heterocycles. The minimum absolute atomic E-state index is 0.0597. The maximum absolute atomic E-state index is 12.9. The van der Waals surface area contributed by atoms with Crippen molar-refractivity contribution in [2.24, 2.45) is 0 Å². The Bertz CT molecular complexity index is 1240. The van der Waals surface area contributed by atoms with Gasteiger partial charge in [0.25, 0.3) is 5.91 Å². The molecule has 8 heteroatoms. The summed E-state index contributed by atoms with van der Waals surface area (Å²) >= 11 is 0. The number of rotatable bonds is 7. The van der Waals surface area contributed by atoms with E-state index < -0.39 is 18.5 Å². The first kappa shape index (κ1) is 21.3. The summed E-state index contributed by atoms with van der Waals surface area (Å²) in [5, 5.41) is 7.63. The number of hydrogen-bond acceptors (Lipinski definition) is 6. The van der Waals surface area contributed by atoms with Gasteiger partial charge in [-0.1, -0.05) is 29.8 Å². The van der Waals surface area contributed by atoms with E-state index >= 15 is 0 Å². The number of amides is 1. The van der Waals surface area contributed by atoms with Crippen molar-refractivity contribution >= 4 is 22.9 Å². The van der Waals surface area contributed by atoms with Gasteiger partial charge in [-0.25, -0.2) is 14.5 Å². The molecule has 3 aromatic heterocycles. The smallest absolute Gasteiger partial charge is 0.339 e. The molecule has 0 saturated carbocycles. The number of carbonyl (C=O) groups is 2. The summed E-state index contributed by atoms with van der Waals surface area (Å²) in [5.41, 5.74) is 3.54. The number of hydrogen-bond donors (Lipinski definition) is 1. The van der Waals surface area contributed by atoms with Crippen LogP contribution in [0.2, 0.25) is 0 Å². The Morgan fingerprint density at radius 1 is 1.19 bits per heavy atom. The molecule has 0 aliphatic rings. The van der Waals surface area contributed by atoms with Crippen molar-refractivity contribution in [3.05, 3.63) is 71.8 Å². The highest BCUT2D eigenvalue weighted by molar-refractivity contribution is 6.04. The predicted octanol–water partition coefficient (Wildman–Crippen LogP) is 4.05. The van der Waals surface area contributed by atoms with Crippen molar-refractivity contribution in [2.75, 3.05) is 6.61 Å². The lowest BCUT2D eigenvalue weighted by molar-refractivity contribution is -0.124. The van der Waals surface area contributed by atoms with Crippen LogP contribution in [0.1, 0.15) is 41.6 Å². The van der Waals surface area contributed by atoms with E-state index in [-0.39, 0.29) is 12.6 Å². The first-order valence-corrected chi connectivity index (χ1v) is 10.3. The minimum Gasteiger partial charge on any atom is -0.467 e. The number of fused-ring (bicyclic) bond motifs is 1. The molecule has 1 aromatic carbocycles. The molecular formula is C24H24N4O4. The molecule has 0 atom stereocenters. The summed E-state index contributed by atoms with van der Waals surface area (Å²) < 4.78 is 12.2. The third-order valence-corrected chi connectivity index (χ3v) is 5.00. The molecule has 164 valence electrons. The van der Waals surface area contributed by atoms with Crippen molar-refractivity contribution in [1.29, 1.82) is 0 Å². The summed E-state index contributed by atoms with van der Waals surface area (Å²) in [5.74, 6) is -0.414. The van der Waals surface area contributed by atoms with E-state index in [1.807, 2.05) is 45.0 Å². The Hall–Kier alpha value is -3.94. The number of benzene rings is 1. The summed E-state index contributed by atoms with van der Waals surface area (Å²) in [6, 6.07) is 13.1. The average Bonchev–Trinajstić information content (AvgIpc) is 3.45. The molecule has 0 radical (unpaired) electrons. The fourth-order valence-electron chi connectivity index (χ4n) is 3.30. The molecule has 0 bridgehead atoms. The zero-order valence-electron chi connectivity index (χ0n) is 18.2. The molecule has 32 heavy (non-hydrogen) atoms. The van der Waals surface area contributed by atoms with Crippen LogP contribution in [0.3, 0.4) is 0 Å². The highest BCUT2D eigenvalue weighted by Gasteiger charge is 2.20. The molecular weight excluding hydrogens is 408 g/mol. The number of nitrogens with zero attached hydrogens (tertiary/aromatic N) is 3. The number of pyridine rings is 1. The van der Waals surface area contributed by atoms with Gasteiger partial charge in [0.1, 0.15) is 5.76 Å². The standard InChI is InChI=1S/C24H24N4O4/c1-15(2)28-23-20(13-26-28)19(11-21(27-23)17-8-6-16(3)7-9-17)24(30)32-14-22(29)25-12-18-5-4-10-31-18/h4-11,13,15H,12,14H2,1-3H3,(H,25,29). The second-order valence-electron chi connectivity index (χ2n) is 7.77. The second kappa shape index (κ2) is 9.05. The van der Waals surface area contributed by atoms with E-state index in [9.17, 15) is 9.59 Å². The lowest BCUT2D eigenvalue weighted by atomic mass is 10.1. The highest BCUT2D eigenvalue weighted by Crippen LogP contribution is 2.27. The van der Waals surface area contributed by atoms with Crippen molar-refractivity contribution in [3.8, 4) is 11.3 Å². The minimum atomic E-state index is -0.609. The molecule has 0 aliphatic heterocycles.